The molecule has 0 aliphatic heterocycles. The maximum atomic E-state index is 13.5. The van der Waals surface area contributed by atoms with E-state index < -0.39 is 17.5 Å². The average molecular weight is 252 g/mol. The van der Waals surface area contributed by atoms with Gasteiger partial charge in [0.2, 0.25) is 0 Å². The van der Waals surface area contributed by atoms with E-state index in [0.29, 0.717) is 17.4 Å². The average Bonchev–Trinajstić information content (AvgIpc) is 2.30. The second-order valence-corrected chi connectivity index (χ2v) is 3.91. The Kier molecular flexibility index (Phi) is 3.14. The van der Waals surface area contributed by atoms with Gasteiger partial charge >= 0.3 is 0 Å². The van der Waals surface area contributed by atoms with Crippen LogP contribution in [0.1, 0.15) is 5.56 Å². The second-order valence-electron chi connectivity index (χ2n) is 3.91. The number of halogens is 3. The van der Waals surface area contributed by atoms with Crippen LogP contribution in [0.5, 0.6) is 0 Å². The topological polar surface area (TPSA) is 38.0 Å². The molecule has 0 aliphatic carbocycles. The lowest BCUT2D eigenvalue weighted by Crippen LogP contribution is -2.01. The van der Waals surface area contributed by atoms with Crippen molar-refractivity contribution in [2.75, 3.05) is 11.1 Å². The van der Waals surface area contributed by atoms with Crippen LogP contribution in [0.4, 0.5) is 30.2 Å². The first-order valence-electron chi connectivity index (χ1n) is 5.25. The molecule has 3 N–H and O–H groups in total. The smallest absolute Gasteiger partial charge is 0.161 e. The van der Waals surface area contributed by atoms with Gasteiger partial charge in [0.25, 0.3) is 0 Å². The Morgan fingerprint density at radius 3 is 2.33 bits per heavy atom. The maximum absolute atomic E-state index is 13.5. The molecule has 0 fully saturated rings. The summed E-state index contributed by atoms with van der Waals surface area (Å²) >= 11 is 0. The van der Waals surface area contributed by atoms with Gasteiger partial charge in [-0.25, -0.2) is 13.2 Å². The quantitative estimate of drug-likeness (QED) is 0.631. The van der Waals surface area contributed by atoms with Crippen molar-refractivity contribution < 1.29 is 13.2 Å². The highest BCUT2D eigenvalue weighted by molar-refractivity contribution is 5.75. The molecular weight excluding hydrogens is 241 g/mol. The highest BCUT2D eigenvalue weighted by Crippen LogP contribution is 2.29. The minimum atomic E-state index is -1.23. The Bertz CT molecular complexity index is 577. The fraction of sp³-hybridized carbons (Fsp3) is 0.0769. The van der Waals surface area contributed by atoms with Crippen molar-refractivity contribution >= 4 is 17.1 Å². The molecule has 0 spiro atoms. The number of aryl methyl sites for hydroxylation is 1. The van der Waals surface area contributed by atoms with E-state index in [0.717, 1.165) is 11.6 Å². The number of nitrogens with two attached hydrogens (primary N) is 1. The fourth-order valence-corrected chi connectivity index (χ4v) is 1.61. The first-order chi connectivity index (χ1) is 8.49. The zero-order valence-electron chi connectivity index (χ0n) is 9.60. The minimum absolute atomic E-state index is 0.157. The van der Waals surface area contributed by atoms with E-state index in [1.807, 2.05) is 0 Å². The standard InChI is InChI=1S/C13H11F3N2/c1-7-3-2-4-11(17)13(7)18-12-6-9(15)8(14)5-10(12)16/h2-6,18H,17H2,1H3. The molecule has 2 aromatic rings. The van der Waals surface area contributed by atoms with E-state index in [-0.39, 0.29) is 5.69 Å². The van der Waals surface area contributed by atoms with Gasteiger partial charge in [0.05, 0.1) is 17.1 Å². The molecule has 0 aromatic heterocycles. The third kappa shape index (κ3) is 2.25. The summed E-state index contributed by atoms with van der Waals surface area (Å²) in [6, 6.07) is 6.41. The lowest BCUT2D eigenvalue weighted by atomic mass is 10.1. The van der Waals surface area contributed by atoms with Crippen molar-refractivity contribution in [2.45, 2.75) is 6.92 Å². The number of hydrogen-bond acceptors (Lipinski definition) is 2. The maximum Gasteiger partial charge on any atom is 0.161 e. The van der Waals surface area contributed by atoms with Crippen LogP contribution in [-0.2, 0) is 0 Å². The van der Waals surface area contributed by atoms with Crippen LogP contribution in [0.15, 0.2) is 30.3 Å². The van der Waals surface area contributed by atoms with E-state index in [1.54, 1.807) is 25.1 Å². The molecule has 0 atom stereocenters. The second kappa shape index (κ2) is 4.60. The number of rotatable bonds is 2. The number of benzene rings is 2. The predicted molar refractivity (Wildman–Crippen MR) is 65.2 cm³/mol. The summed E-state index contributed by atoms with van der Waals surface area (Å²) < 4.78 is 39.3. The Hall–Kier alpha value is -2.17. The fourth-order valence-electron chi connectivity index (χ4n) is 1.61. The number of para-hydroxylation sites is 1. The summed E-state index contributed by atoms with van der Waals surface area (Å²) in [6.07, 6.45) is 0. The number of anilines is 3. The van der Waals surface area contributed by atoms with E-state index in [1.165, 1.54) is 0 Å². The third-order valence-corrected chi connectivity index (χ3v) is 2.57. The highest BCUT2D eigenvalue weighted by Gasteiger charge is 2.11. The first kappa shape index (κ1) is 12.3. The normalized spacial score (nSPS) is 10.4. The largest absolute Gasteiger partial charge is 0.397 e. The molecule has 0 saturated carbocycles. The van der Waals surface area contributed by atoms with Gasteiger partial charge in [0.1, 0.15) is 5.82 Å². The van der Waals surface area contributed by atoms with Crippen LogP contribution in [0.3, 0.4) is 0 Å². The van der Waals surface area contributed by atoms with Crippen LogP contribution in [0.25, 0.3) is 0 Å². The molecule has 5 heteroatoms. The van der Waals surface area contributed by atoms with Crippen molar-refractivity contribution in [3.8, 4) is 0 Å². The van der Waals surface area contributed by atoms with Crippen LogP contribution in [0.2, 0.25) is 0 Å². The van der Waals surface area contributed by atoms with Gasteiger partial charge in [-0.2, -0.15) is 0 Å². The molecule has 18 heavy (non-hydrogen) atoms. The zero-order chi connectivity index (χ0) is 13.3. The molecule has 0 aliphatic rings. The van der Waals surface area contributed by atoms with E-state index >= 15 is 0 Å². The molecular formula is C13H11F3N2. The monoisotopic (exact) mass is 252 g/mol. The summed E-state index contributed by atoms with van der Waals surface area (Å²) in [7, 11) is 0. The molecule has 0 heterocycles. The number of hydrogen-bond donors (Lipinski definition) is 2. The minimum Gasteiger partial charge on any atom is -0.397 e. The number of nitrogens with one attached hydrogen (secondary N) is 1. The van der Waals surface area contributed by atoms with E-state index in [9.17, 15) is 13.2 Å². The van der Waals surface area contributed by atoms with Crippen molar-refractivity contribution in [1.29, 1.82) is 0 Å². The van der Waals surface area contributed by atoms with Crippen LogP contribution >= 0.6 is 0 Å². The van der Waals surface area contributed by atoms with Crippen LogP contribution in [-0.4, -0.2) is 0 Å². The molecule has 2 rings (SSSR count). The van der Waals surface area contributed by atoms with Crippen molar-refractivity contribution in [3.63, 3.8) is 0 Å². The van der Waals surface area contributed by atoms with Gasteiger partial charge in [-0.05, 0) is 18.6 Å². The van der Waals surface area contributed by atoms with Crippen LogP contribution < -0.4 is 11.1 Å². The van der Waals surface area contributed by atoms with Gasteiger partial charge in [-0.3, -0.25) is 0 Å². The molecule has 2 nitrogen and oxygen atoms in total. The summed E-state index contributed by atoms with van der Waals surface area (Å²) in [4.78, 5) is 0. The van der Waals surface area contributed by atoms with E-state index in [2.05, 4.69) is 5.32 Å². The molecule has 0 saturated heterocycles. The summed E-state index contributed by atoms with van der Waals surface area (Å²) in [6.45, 7) is 1.77. The SMILES string of the molecule is Cc1cccc(N)c1Nc1cc(F)c(F)cc1F. The lowest BCUT2D eigenvalue weighted by Gasteiger charge is -2.13. The predicted octanol–water partition coefficient (Wildman–Crippen LogP) is 3.74. The van der Waals surface area contributed by atoms with Crippen molar-refractivity contribution in [1.82, 2.24) is 0 Å². The Balaban J connectivity index is 2.43. The zero-order valence-corrected chi connectivity index (χ0v) is 9.60. The molecule has 0 unspecified atom stereocenters. The molecule has 0 radical (unpaired) electrons. The van der Waals surface area contributed by atoms with Crippen molar-refractivity contribution in [3.05, 3.63) is 53.3 Å². The van der Waals surface area contributed by atoms with Gasteiger partial charge in [0.15, 0.2) is 11.6 Å². The van der Waals surface area contributed by atoms with Gasteiger partial charge in [0, 0.05) is 12.1 Å². The van der Waals surface area contributed by atoms with Gasteiger partial charge in [-0.15, -0.1) is 0 Å². The van der Waals surface area contributed by atoms with E-state index in [4.69, 9.17) is 5.73 Å². The third-order valence-electron chi connectivity index (χ3n) is 2.57. The number of nitrogen functional groups attached to an aromatic ring is 1. The molecule has 2 aromatic carbocycles. The Morgan fingerprint density at radius 1 is 1.00 bits per heavy atom. The first-order valence-corrected chi connectivity index (χ1v) is 5.25. The summed E-state index contributed by atoms with van der Waals surface area (Å²) in [5, 5.41) is 2.67. The Labute approximate surface area is 102 Å². The van der Waals surface area contributed by atoms with Gasteiger partial charge < -0.3 is 11.1 Å². The molecule has 0 bridgehead atoms. The van der Waals surface area contributed by atoms with Gasteiger partial charge in [-0.1, -0.05) is 12.1 Å². The van der Waals surface area contributed by atoms with Crippen LogP contribution in [0, 0.1) is 24.4 Å². The molecule has 94 valence electrons. The summed E-state index contributed by atoms with van der Waals surface area (Å²) in [5.41, 5.74) is 7.23. The highest BCUT2D eigenvalue weighted by atomic mass is 19.2. The molecule has 0 amide bonds. The van der Waals surface area contributed by atoms with Crippen molar-refractivity contribution in [2.24, 2.45) is 0 Å². The lowest BCUT2D eigenvalue weighted by molar-refractivity contribution is 0.496. The Morgan fingerprint density at radius 2 is 1.67 bits per heavy atom. The summed E-state index contributed by atoms with van der Waals surface area (Å²) in [5.74, 6) is -3.22.